The van der Waals surface area contributed by atoms with Gasteiger partial charge in [0.1, 0.15) is 0 Å². The highest BCUT2D eigenvalue weighted by Gasteiger charge is 2.20. The highest BCUT2D eigenvalue weighted by Crippen LogP contribution is 2.28. The molecule has 0 bridgehead atoms. The standard InChI is InChI=1S/C22H23N5O3S/c1-3-4-13-27-22-19(14-16-7-5-6-8-20(16)24-22)21(25-27)26-31(29,30)18-11-9-17(10-12-18)23-15(2)28/h5-12,14H,3-4,13H2,1-2H3,(H,23,28)(H,25,26). The van der Waals surface area contributed by atoms with Gasteiger partial charge in [-0.1, -0.05) is 31.5 Å². The van der Waals surface area contributed by atoms with Crippen LogP contribution in [0.3, 0.4) is 0 Å². The van der Waals surface area contributed by atoms with Crippen LogP contribution in [0.2, 0.25) is 0 Å². The third-order valence-corrected chi connectivity index (χ3v) is 6.22. The molecular formula is C22H23N5O3S. The van der Waals surface area contributed by atoms with E-state index in [1.165, 1.54) is 19.1 Å². The monoisotopic (exact) mass is 437 g/mol. The van der Waals surface area contributed by atoms with Gasteiger partial charge in [0.15, 0.2) is 11.5 Å². The summed E-state index contributed by atoms with van der Waals surface area (Å²) in [6.07, 6.45) is 1.89. The minimum absolute atomic E-state index is 0.0756. The molecule has 2 aromatic carbocycles. The number of aryl methyl sites for hydroxylation is 1. The summed E-state index contributed by atoms with van der Waals surface area (Å²) in [6.45, 7) is 4.12. The van der Waals surface area contributed by atoms with Gasteiger partial charge >= 0.3 is 0 Å². The zero-order valence-corrected chi connectivity index (χ0v) is 18.1. The Hall–Kier alpha value is -3.46. The van der Waals surface area contributed by atoms with E-state index in [1.807, 2.05) is 30.3 Å². The van der Waals surface area contributed by atoms with E-state index >= 15 is 0 Å². The number of rotatable bonds is 7. The number of pyridine rings is 1. The normalized spacial score (nSPS) is 11.7. The van der Waals surface area contributed by atoms with Gasteiger partial charge in [0.25, 0.3) is 10.0 Å². The molecule has 2 heterocycles. The van der Waals surface area contributed by atoms with Crippen molar-refractivity contribution in [2.24, 2.45) is 0 Å². The summed E-state index contributed by atoms with van der Waals surface area (Å²) < 4.78 is 30.4. The van der Waals surface area contributed by atoms with Crippen molar-refractivity contribution in [3.05, 3.63) is 54.6 Å². The van der Waals surface area contributed by atoms with E-state index in [-0.39, 0.29) is 16.6 Å². The Morgan fingerprint density at radius 3 is 2.55 bits per heavy atom. The smallest absolute Gasteiger partial charge is 0.263 e. The number of aromatic nitrogens is 3. The van der Waals surface area contributed by atoms with E-state index in [9.17, 15) is 13.2 Å². The molecule has 0 spiro atoms. The maximum absolute atomic E-state index is 13.0. The molecule has 31 heavy (non-hydrogen) atoms. The number of nitrogens with one attached hydrogen (secondary N) is 2. The third kappa shape index (κ3) is 4.36. The van der Waals surface area contributed by atoms with Crippen molar-refractivity contribution in [3.8, 4) is 0 Å². The summed E-state index contributed by atoms with van der Waals surface area (Å²) in [5, 5.41) is 8.70. The first-order valence-corrected chi connectivity index (χ1v) is 11.5. The number of para-hydroxylation sites is 1. The van der Waals surface area contributed by atoms with E-state index in [0.717, 1.165) is 23.7 Å². The van der Waals surface area contributed by atoms with Crippen LogP contribution in [0.5, 0.6) is 0 Å². The van der Waals surface area contributed by atoms with Crippen LogP contribution in [0.1, 0.15) is 26.7 Å². The van der Waals surface area contributed by atoms with Gasteiger partial charge in [-0.15, -0.1) is 0 Å². The number of carbonyl (C=O) groups excluding carboxylic acids is 1. The second kappa shape index (κ2) is 8.35. The van der Waals surface area contributed by atoms with Crippen LogP contribution in [-0.4, -0.2) is 29.1 Å². The van der Waals surface area contributed by atoms with E-state index in [4.69, 9.17) is 4.98 Å². The number of hydrogen-bond acceptors (Lipinski definition) is 5. The van der Waals surface area contributed by atoms with Gasteiger partial charge in [-0.05, 0) is 42.8 Å². The van der Waals surface area contributed by atoms with Crippen LogP contribution in [0, 0.1) is 0 Å². The number of hydrogen-bond donors (Lipinski definition) is 2. The number of sulfonamides is 1. The molecule has 4 aromatic rings. The van der Waals surface area contributed by atoms with Gasteiger partial charge in [0, 0.05) is 24.5 Å². The molecule has 4 rings (SSSR count). The summed E-state index contributed by atoms with van der Waals surface area (Å²) in [5.74, 6) is 0.0211. The highest BCUT2D eigenvalue weighted by molar-refractivity contribution is 7.92. The molecule has 0 saturated carbocycles. The molecule has 2 aromatic heterocycles. The first kappa shape index (κ1) is 20.8. The SMILES string of the molecule is CCCCn1nc(NS(=O)(=O)c2ccc(NC(C)=O)cc2)c2cc3ccccc3nc21. The molecule has 8 nitrogen and oxygen atoms in total. The van der Waals surface area contributed by atoms with Crippen LogP contribution < -0.4 is 10.0 Å². The molecule has 0 aliphatic carbocycles. The largest absolute Gasteiger partial charge is 0.326 e. The van der Waals surface area contributed by atoms with Gasteiger partial charge in [0.2, 0.25) is 5.91 Å². The van der Waals surface area contributed by atoms with Gasteiger partial charge in [0.05, 0.1) is 15.8 Å². The third-order valence-electron chi connectivity index (χ3n) is 4.86. The molecule has 0 aliphatic heterocycles. The predicted molar refractivity (Wildman–Crippen MR) is 121 cm³/mol. The number of amides is 1. The Labute approximate surface area is 180 Å². The second-order valence-electron chi connectivity index (χ2n) is 7.29. The van der Waals surface area contributed by atoms with Gasteiger partial charge in [-0.2, -0.15) is 5.10 Å². The number of unbranched alkanes of at least 4 members (excludes halogenated alkanes) is 1. The Morgan fingerprint density at radius 2 is 1.84 bits per heavy atom. The Bertz CT molecular complexity index is 1360. The van der Waals surface area contributed by atoms with Crippen molar-refractivity contribution >= 4 is 49.4 Å². The van der Waals surface area contributed by atoms with Gasteiger partial charge < -0.3 is 5.32 Å². The Kier molecular flexibility index (Phi) is 5.60. The molecule has 0 saturated heterocycles. The number of benzene rings is 2. The second-order valence-corrected chi connectivity index (χ2v) is 8.97. The molecular weight excluding hydrogens is 414 g/mol. The number of carbonyl (C=O) groups is 1. The summed E-state index contributed by atoms with van der Waals surface area (Å²) in [6, 6.07) is 15.6. The van der Waals surface area contributed by atoms with Crippen molar-refractivity contribution < 1.29 is 13.2 Å². The Balaban J connectivity index is 1.74. The summed E-state index contributed by atoms with van der Waals surface area (Å²) in [7, 11) is -3.88. The summed E-state index contributed by atoms with van der Waals surface area (Å²) in [4.78, 5) is 16.0. The number of nitrogens with zero attached hydrogens (tertiary/aromatic N) is 3. The molecule has 0 aliphatic rings. The van der Waals surface area contributed by atoms with E-state index < -0.39 is 10.0 Å². The quantitative estimate of drug-likeness (QED) is 0.452. The van der Waals surface area contributed by atoms with Crippen LogP contribution in [-0.2, 0) is 21.4 Å². The molecule has 0 fully saturated rings. The van der Waals surface area contributed by atoms with E-state index in [0.29, 0.717) is 23.3 Å². The zero-order chi connectivity index (χ0) is 22.0. The summed E-state index contributed by atoms with van der Waals surface area (Å²) in [5.41, 5.74) is 2.00. The Morgan fingerprint density at radius 1 is 1.10 bits per heavy atom. The lowest BCUT2D eigenvalue weighted by Gasteiger charge is -2.07. The van der Waals surface area contributed by atoms with E-state index in [2.05, 4.69) is 22.1 Å². The lowest BCUT2D eigenvalue weighted by molar-refractivity contribution is -0.114. The van der Waals surface area contributed by atoms with E-state index in [1.54, 1.807) is 16.8 Å². The predicted octanol–water partition coefficient (Wildman–Crippen LogP) is 4.14. The van der Waals surface area contributed by atoms with Crippen LogP contribution >= 0.6 is 0 Å². The fourth-order valence-corrected chi connectivity index (χ4v) is 4.36. The average molecular weight is 438 g/mol. The van der Waals surface area contributed by atoms with Crippen LogP contribution in [0.4, 0.5) is 11.5 Å². The number of anilines is 2. The first-order chi connectivity index (χ1) is 14.9. The van der Waals surface area contributed by atoms with Gasteiger partial charge in [-0.25, -0.2) is 18.1 Å². The fourth-order valence-electron chi connectivity index (χ4n) is 3.34. The molecule has 0 radical (unpaired) electrons. The average Bonchev–Trinajstić information content (AvgIpc) is 3.06. The van der Waals surface area contributed by atoms with Crippen molar-refractivity contribution in [1.82, 2.24) is 14.8 Å². The minimum Gasteiger partial charge on any atom is -0.326 e. The molecule has 1 amide bonds. The minimum atomic E-state index is -3.88. The maximum atomic E-state index is 13.0. The molecule has 9 heteroatoms. The van der Waals surface area contributed by atoms with Crippen molar-refractivity contribution in [2.75, 3.05) is 10.0 Å². The lowest BCUT2D eigenvalue weighted by atomic mass is 10.2. The summed E-state index contributed by atoms with van der Waals surface area (Å²) >= 11 is 0. The lowest BCUT2D eigenvalue weighted by Crippen LogP contribution is -2.14. The molecule has 2 N–H and O–H groups in total. The zero-order valence-electron chi connectivity index (χ0n) is 17.3. The first-order valence-electron chi connectivity index (χ1n) is 10.0. The van der Waals surface area contributed by atoms with Crippen LogP contribution in [0.25, 0.3) is 21.9 Å². The molecule has 0 atom stereocenters. The highest BCUT2D eigenvalue weighted by atomic mass is 32.2. The van der Waals surface area contributed by atoms with Crippen molar-refractivity contribution in [1.29, 1.82) is 0 Å². The van der Waals surface area contributed by atoms with Crippen LogP contribution in [0.15, 0.2) is 59.5 Å². The van der Waals surface area contributed by atoms with Crippen molar-refractivity contribution in [2.45, 2.75) is 38.1 Å². The molecule has 160 valence electrons. The fraction of sp³-hybridized carbons (Fsp3) is 0.227. The van der Waals surface area contributed by atoms with Crippen molar-refractivity contribution in [3.63, 3.8) is 0 Å². The number of fused-ring (bicyclic) bond motifs is 2. The topological polar surface area (TPSA) is 106 Å². The maximum Gasteiger partial charge on any atom is 0.263 e. The molecule has 0 unspecified atom stereocenters. The van der Waals surface area contributed by atoms with Gasteiger partial charge in [-0.3, -0.25) is 9.52 Å².